The molecule has 4 rings (SSSR count). The van der Waals surface area contributed by atoms with Crippen molar-refractivity contribution in [2.24, 2.45) is 0 Å². The summed E-state index contributed by atoms with van der Waals surface area (Å²) in [6.45, 7) is 3.59. The number of rotatable bonds is 11. The van der Waals surface area contributed by atoms with Crippen LogP contribution in [0, 0.1) is 0 Å². The quantitative estimate of drug-likeness (QED) is 0.276. The van der Waals surface area contributed by atoms with Crippen molar-refractivity contribution >= 4 is 28.1 Å². The Bertz CT molecular complexity index is 987. The number of aliphatic hydroxyl groups excluding tert-OH is 1. The van der Waals surface area contributed by atoms with Crippen LogP contribution in [0.15, 0.2) is 48.5 Å². The Morgan fingerprint density at radius 2 is 1.91 bits per heavy atom. The highest BCUT2D eigenvalue weighted by Crippen LogP contribution is 2.50. The first kappa shape index (κ1) is 25.8. The molecule has 2 aromatic rings. The molecule has 192 valence electrons. The molecule has 0 bridgehead atoms. The van der Waals surface area contributed by atoms with Crippen LogP contribution >= 0.6 is 10.8 Å². The summed E-state index contributed by atoms with van der Waals surface area (Å²) in [5.74, 6) is 0.0325. The van der Waals surface area contributed by atoms with Gasteiger partial charge in [0.05, 0.1) is 23.6 Å². The van der Waals surface area contributed by atoms with Gasteiger partial charge in [0.2, 0.25) is 0 Å². The fourth-order valence-electron chi connectivity index (χ4n) is 4.42. The van der Waals surface area contributed by atoms with E-state index in [4.69, 9.17) is 0 Å². The molecule has 1 amide bonds. The second kappa shape index (κ2) is 11.6. The van der Waals surface area contributed by atoms with Crippen LogP contribution in [0.3, 0.4) is 0 Å². The van der Waals surface area contributed by atoms with Crippen LogP contribution in [0.4, 0.5) is 11.4 Å². The number of anilines is 2. The molecule has 1 heterocycles. The average Bonchev–Trinajstić information content (AvgIpc) is 3.67. The van der Waals surface area contributed by atoms with Gasteiger partial charge in [-0.1, -0.05) is 30.3 Å². The van der Waals surface area contributed by atoms with Crippen molar-refractivity contribution in [3.8, 4) is 0 Å². The number of hydrogen-bond donors (Lipinski definition) is 6. The lowest BCUT2D eigenvalue weighted by molar-refractivity contribution is 0.0830. The summed E-state index contributed by atoms with van der Waals surface area (Å²) in [6, 6.07) is 15.2. The Morgan fingerprint density at radius 3 is 2.60 bits per heavy atom. The second-order valence-electron chi connectivity index (χ2n) is 9.46. The molecule has 0 radical (unpaired) electrons. The van der Waals surface area contributed by atoms with Crippen molar-refractivity contribution in [2.45, 2.75) is 57.2 Å². The Kier molecular flexibility index (Phi) is 8.56. The smallest absolute Gasteiger partial charge is 0.251 e. The molecule has 1 aliphatic heterocycles. The van der Waals surface area contributed by atoms with Crippen LogP contribution in [0.1, 0.15) is 48.5 Å². The van der Waals surface area contributed by atoms with Crippen molar-refractivity contribution in [1.82, 2.24) is 10.6 Å². The van der Waals surface area contributed by atoms with Crippen LogP contribution in [-0.2, 0) is 6.42 Å². The van der Waals surface area contributed by atoms with E-state index in [0.29, 0.717) is 49.1 Å². The summed E-state index contributed by atoms with van der Waals surface area (Å²) in [5.41, 5.74) is 2.81. The normalized spacial score (nSPS) is 20.1. The van der Waals surface area contributed by atoms with Crippen LogP contribution in [-0.4, -0.2) is 63.7 Å². The highest BCUT2D eigenvalue weighted by atomic mass is 32.3. The fourth-order valence-corrected chi connectivity index (χ4v) is 6.09. The van der Waals surface area contributed by atoms with Gasteiger partial charge in [0.25, 0.3) is 5.91 Å². The van der Waals surface area contributed by atoms with E-state index in [0.717, 1.165) is 36.9 Å². The molecule has 2 fully saturated rings. The molecule has 2 aliphatic rings. The van der Waals surface area contributed by atoms with Gasteiger partial charge in [-0.2, -0.15) is 0 Å². The largest absolute Gasteiger partial charge is 0.390 e. The summed E-state index contributed by atoms with van der Waals surface area (Å²) >= 11 is 0. The minimum atomic E-state index is -2.91. The number of amides is 1. The first-order valence-corrected chi connectivity index (χ1v) is 14.2. The third-order valence-electron chi connectivity index (χ3n) is 6.50. The van der Waals surface area contributed by atoms with Crippen LogP contribution in [0.5, 0.6) is 0 Å². The summed E-state index contributed by atoms with van der Waals surface area (Å²) in [6.07, 6.45) is 3.64. The first-order chi connectivity index (χ1) is 16.9. The molecule has 35 heavy (non-hydrogen) atoms. The van der Waals surface area contributed by atoms with E-state index < -0.39 is 22.9 Å². The molecular formula is C26H38N4O4S. The predicted molar refractivity (Wildman–Crippen MR) is 143 cm³/mol. The topological polar surface area (TPSA) is 117 Å². The molecule has 0 aromatic heterocycles. The summed E-state index contributed by atoms with van der Waals surface area (Å²) in [5, 5.41) is 20.6. The van der Waals surface area contributed by atoms with Crippen LogP contribution in [0.25, 0.3) is 0 Å². The van der Waals surface area contributed by atoms with Gasteiger partial charge in [0, 0.05) is 36.9 Å². The summed E-state index contributed by atoms with van der Waals surface area (Å²) in [7, 11) is -2.91. The Balaban J connectivity index is 1.56. The molecule has 1 saturated heterocycles. The fraction of sp³-hybridized carbons (Fsp3) is 0.500. The third-order valence-corrected chi connectivity index (χ3v) is 8.44. The van der Waals surface area contributed by atoms with Crippen molar-refractivity contribution in [1.29, 1.82) is 0 Å². The maximum atomic E-state index is 13.4. The number of carbonyl (C=O) groups excluding carboxylic acids is 1. The number of aliphatic hydroxyl groups is 1. The SMILES string of the molecule is CCNc1cc(C(=O)NC(Cc2ccccc2)C(O)CNC2CC2)cc(N2CCCCS2(O)O)c1. The number of carbonyl (C=O) groups is 1. The van der Waals surface area contributed by atoms with Gasteiger partial charge in [-0.3, -0.25) is 18.2 Å². The van der Waals surface area contributed by atoms with Crippen molar-refractivity contribution in [2.75, 3.05) is 35.0 Å². The predicted octanol–water partition coefficient (Wildman–Crippen LogP) is 3.84. The van der Waals surface area contributed by atoms with Crippen LogP contribution in [0.2, 0.25) is 0 Å². The average molecular weight is 503 g/mol. The van der Waals surface area contributed by atoms with Gasteiger partial charge in [-0.05, 0) is 62.8 Å². The lowest BCUT2D eigenvalue weighted by Crippen LogP contribution is -2.49. The van der Waals surface area contributed by atoms with E-state index in [1.165, 1.54) is 0 Å². The van der Waals surface area contributed by atoms with E-state index in [-0.39, 0.29) is 5.91 Å². The molecule has 1 saturated carbocycles. The third kappa shape index (κ3) is 7.11. The van der Waals surface area contributed by atoms with Crippen molar-refractivity contribution < 1.29 is 19.0 Å². The molecule has 2 atom stereocenters. The van der Waals surface area contributed by atoms with Crippen molar-refractivity contribution in [3.63, 3.8) is 0 Å². The minimum Gasteiger partial charge on any atom is -0.390 e. The molecule has 9 heteroatoms. The van der Waals surface area contributed by atoms with Gasteiger partial charge < -0.3 is 21.1 Å². The highest BCUT2D eigenvalue weighted by molar-refractivity contribution is 8.25. The Morgan fingerprint density at radius 1 is 1.14 bits per heavy atom. The van der Waals surface area contributed by atoms with Gasteiger partial charge in [0.15, 0.2) is 0 Å². The van der Waals surface area contributed by atoms with E-state index in [9.17, 15) is 19.0 Å². The molecular weight excluding hydrogens is 464 g/mol. The number of hydrogen-bond acceptors (Lipinski definition) is 7. The molecule has 2 unspecified atom stereocenters. The lowest BCUT2D eigenvalue weighted by Gasteiger charge is -2.47. The number of nitrogens with one attached hydrogen (secondary N) is 3. The highest BCUT2D eigenvalue weighted by Gasteiger charge is 2.29. The Labute approximate surface area is 209 Å². The van der Waals surface area contributed by atoms with E-state index in [2.05, 4.69) is 16.0 Å². The monoisotopic (exact) mass is 502 g/mol. The maximum Gasteiger partial charge on any atom is 0.251 e. The van der Waals surface area contributed by atoms with Crippen LogP contribution < -0.4 is 20.3 Å². The lowest BCUT2D eigenvalue weighted by atomic mass is 10.00. The van der Waals surface area contributed by atoms with Gasteiger partial charge in [0.1, 0.15) is 0 Å². The van der Waals surface area contributed by atoms with Gasteiger partial charge in [-0.15, -0.1) is 10.8 Å². The second-order valence-corrected chi connectivity index (χ2v) is 11.6. The zero-order valence-electron chi connectivity index (χ0n) is 20.3. The molecule has 8 nitrogen and oxygen atoms in total. The molecule has 6 N–H and O–H groups in total. The molecule has 1 aliphatic carbocycles. The van der Waals surface area contributed by atoms with Gasteiger partial charge in [-0.25, -0.2) is 0 Å². The number of benzene rings is 2. The van der Waals surface area contributed by atoms with E-state index in [1.54, 1.807) is 16.4 Å². The maximum absolute atomic E-state index is 13.4. The van der Waals surface area contributed by atoms with Crippen molar-refractivity contribution in [3.05, 3.63) is 59.7 Å². The van der Waals surface area contributed by atoms with E-state index in [1.807, 2.05) is 43.3 Å². The summed E-state index contributed by atoms with van der Waals surface area (Å²) in [4.78, 5) is 13.4. The molecule has 2 aromatic carbocycles. The zero-order chi connectivity index (χ0) is 24.8. The number of nitrogens with zero attached hydrogens (tertiary/aromatic N) is 1. The Hall–Kier alpha value is -2.30. The summed E-state index contributed by atoms with van der Waals surface area (Å²) < 4.78 is 22.9. The van der Waals surface area contributed by atoms with E-state index >= 15 is 0 Å². The minimum absolute atomic E-state index is 0.300. The standard InChI is InChI=1S/C26H38N4O4S/c1-2-27-22-15-20(16-23(17-22)30-12-6-7-13-35(30,33)34)26(32)29-24(14-19-8-4-3-5-9-19)25(31)18-28-21-10-11-21/h3-5,8-9,15-17,21,24-25,27-28,31,33-34H,2,6-7,10-14,18H2,1H3,(H,29,32). The van der Waals surface area contributed by atoms with Gasteiger partial charge >= 0.3 is 0 Å². The molecule has 0 spiro atoms. The first-order valence-electron chi connectivity index (χ1n) is 12.5. The zero-order valence-corrected chi connectivity index (χ0v) is 21.1.